The highest BCUT2D eigenvalue weighted by atomic mass is 32.2. The van der Waals surface area contributed by atoms with Crippen molar-refractivity contribution in [3.63, 3.8) is 0 Å². The van der Waals surface area contributed by atoms with Gasteiger partial charge in [-0.15, -0.1) is 0 Å². The van der Waals surface area contributed by atoms with Crippen molar-refractivity contribution in [2.45, 2.75) is 71.5 Å². The van der Waals surface area contributed by atoms with Gasteiger partial charge in [0.25, 0.3) is 0 Å². The van der Waals surface area contributed by atoms with Gasteiger partial charge in [0.2, 0.25) is 0 Å². The predicted octanol–water partition coefficient (Wildman–Crippen LogP) is 15.8. The van der Waals surface area contributed by atoms with E-state index in [1.54, 1.807) is 5.56 Å². The third kappa shape index (κ3) is 5.56. The Labute approximate surface area is 376 Å². The lowest BCUT2D eigenvalue weighted by molar-refractivity contribution is -0.00518. The van der Waals surface area contributed by atoms with E-state index in [2.05, 4.69) is 212 Å². The van der Waals surface area contributed by atoms with Crippen LogP contribution < -0.4 is 4.90 Å². The van der Waals surface area contributed by atoms with Crippen LogP contribution in [-0.4, -0.2) is 0 Å². The van der Waals surface area contributed by atoms with E-state index in [9.17, 15) is 0 Å². The SMILES string of the molecule is CC1(c2ccccc2)c2ccccc2Sc2ccc(N(c3ccc(C45CC6CC(CC(C6)C4)C5)cc3)c3ccc(C4(c5ccccc5)c5ccccc5-c5ccccc54)cc3)cc21. The molecule has 63 heavy (non-hydrogen) atoms. The normalized spacial score (nSPS) is 24.2. The van der Waals surface area contributed by atoms with E-state index in [1.165, 1.54) is 110 Å². The van der Waals surface area contributed by atoms with Crippen LogP contribution in [0.3, 0.4) is 0 Å². The number of anilines is 3. The highest BCUT2D eigenvalue weighted by Gasteiger charge is 2.52. The largest absolute Gasteiger partial charge is 0.310 e. The second kappa shape index (κ2) is 14.2. The van der Waals surface area contributed by atoms with Crippen LogP contribution in [-0.2, 0) is 16.2 Å². The summed E-state index contributed by atoms with van der Waals surface area (Å²) in [6.07, 6.45) is 8.52. The highest BCUT2D eigenvalue weighted by Crippen LogP contribution is 2.61. The first-order chi connectivity index (χ1) is 31.0. The van der Waals surface area contributed by atoms with Crippen molar-refractivity contribution >= 4 is 28.8 Å². The molecule has 6 aliphatic rings. The highest BCUT2D eigenvalue weighted by molar-refractivity contribution is 7.99. The van der Waals surface area contributed by atoms with Gasteiger partial charge in [0.05, 0.1) is 5.41 Å². The fourth-order valence-electron chi connectivity index (χ4n) is 13.9. The fraction of sp³-hybridized carbons (Fsp3) is 0.213. The molecule has 306 valence electrons. The molecule has 0 spiro atoms. The van der Waals surface area contributed by atoms with Crippen molar-refractivity contribution < 1.29 is 0 Å². The number of hydrogen-bond acceptors (Lipinski definition) is 2. The molecule has 0 N–H and O–H groups in total. The fourth-order valence-corrected chi connectivity index (χ4v) is 15.2. The molecule has 0 saturated heterocycles. The van der Waals surface area contributed by atoms with Crippen LogP contribution >= 0.6 is 11.8 Å². The molecule has 5 aliphatic carbocycles. The summed E-state index contributed by atoms with van der Waals surface area (Å²) in [6.45, 7) is 2.43. The predicted molar refractivity (Wildman–Crippen MR) is 261 cm³/mol. The van der Waals surface area contributed by atoms with E-state index >= 15 is 0 Å². The standard InChI is InChI=1S/C61H51NS/c1-59(44-14-4-2-5-15-44)55-22-12-13-23-57(55)63-58-33-32-50(37-56(58)59)62(48-28-24-45(25-29-48)60-38-41-34-42(39-60)36-43(35-41)40-60)49-30-26-47(27-31-49)61(46-16-6-3-7-17-46)53-20-10-8-18-51(53)52-19-9-11-21-54(52)61/h2-33,37,41-43H,34-36,38-40H2,1H3. The maximum Gasteiger partial charge on any atom is 0.0713 e. The minimum atomic E-state index is -0.439. The molecule has 4 fully saturated rings. The van der Waals surface area contributed by atoms with Crippen LogP contribution in [0, 0.1) is 17.8 Å². The van der Waals surface area contributed by atoms with Gasteiger partial charge in [-0.3, -0.25) is 0 Å². The molecule has 4 bridgehead atoms. The van der Waals surface area contributed by atoms with E-state index in [1.807, 2.05) is 11.8 Å². The molecule has 1 aliphatic heterocycles. The molecule has 1 atom stereocenters. The van der Waals surface area contributed by atoms with Crippen molar-refractivity contribution in [3.8, 4) is 11.1 Å². The third-order valence-corrected chi connectivity index (χ3v) is 17.4. The Balaban J connectivity index is 0.979. The zero-order chi connectivity index (χ0) is 41.8. The first-order valence-electron chi connectivity index (χ1n) is 23.2. The van der Waals surface area contributed by atoms with Gasteiger partial charge < -0.3 is 4.90 Å². The summed E-state index contributed by atoms with van der Waals surface area (Å²) in [4.78, 5) is 5.18. The average Bonchev–Trinajstić information content (AvgIpc) is 3.63. The molecule has 0 amide bonds. The van der Waals surface area contributed by atoms with Gasteiger partial charge in [0.15, 0.2) is 0 Å². The first-order valence-corrected chi connectivity index (χ1v) is 24.1. The van der Waals surface area contributed by atoms with Gasteiger partial charge in [-0.25, -0.2) is 0 Å². The zero-order valence-corrected chi connectivity index (χ0v) is 36.7. The molecular weight excluding hydrogens is 779 g/mol. The van der Waals surface area contributed by atoms with Crippen molar-refractivity contribution in [1.29, 1.82) is 0 Å². The van der Waals surface area contributed by atoms with Gasteiger partial charge in [-0.05, 0) is 173 Å². The lowest BCUT2D eigenvalue weighted by Gasteiger charge is -2.57. The minimum absolute atomic E-state index is 0.322. The van der Waals surface area contributed by atoms with Crippen molar-refractivity contribution in [3.05, 3.63) is 245 Å². The summed E-state index contributed by atoms with van der Waals surface area (Å²) in [7, 11) is 0. The summed E-state index contributed by atoms with van der Waals surface area (Å²) in [5.41, 5.74) is 16.6. The number of benzene rings is 8. The number of fused-ring (bicyclic) bond motifs is 5. The average molecular weight is 830 g/mol. The van der Waals surface area contributed by atoms with Crippen molar-refractivity contribution in [1.82, 2.24) is 0 Å². The van der Waals surface area contributed by atoms with Crippen LogP contribution in [0.4, 0.5) is 17.1 Å². The Morgan fingerprint density at radius 1 is 0.397 bits per heavy atom. The van der Waals surface area contributed by atoms with E-state index < -0.39 is 5.41 Å². The van der Waals surface area contributed by atoms with Gasteiger partial charge >= 0.3 is 0 Å². The molecule has 8 aromatic carbocycles. The Hall–Kier alpha value is -6.09. The van der Waals surface area contributed by atoms with Crippen LogP contribution in [0.1, 0.15) is 90.0 Å². The van der Waals surface area contributed by atoms with Gasteiger partial charge in [0.1, 0.15) is 0 Å². The maximum absolute atomic E-state index is 2.52. The second-order valence-corrected chi connectivity index (χ2v) is 20.7. The topological polar surface area (TPSA) is 3.24 Å². The minimum Gasteiger partial charge on any atom is -0.310 e. The van der Waals surface area contributed by atoms with Crippen LogP contribution in [0.5, 0.6) is 0 Å². The monoisotopic (exact) mass is 829 g/mol. The Morgan fingerprint density at radius 3 is 1.43 bits per heavy atom. The zero-order valence-electron chi connectivity index (χ0n) is 35.9. The summed E-state index contributed by atoms with van der Waals surface area (Å²) >= 11 is 1.90. The lowest BCUT2D eigenvalue weighted by Crippen LogP contribution is -2.48. The second-order valence-electron chi connectivity index (χ2n) is 19.6. The molecule has 1 unspecified atom stereocenters. The van der Waals surface area contributed by atoms with E-state index in [0.29, 0.717) is 5.41 Å². The van der Waals surface area contributed by atoms with E-state index in [-0.39, 0.29) is 5.41 Å². The van der Waals surface area contributed by atoms with E-state index in [0.717, 1.165) is 23.4 Å². The smallest absolute Gasteiger partial charge is 0.0713 e. The molecular formula is C61H51NS. The first kappa shape index (κ1) is 37.5. The van der Waals surface area contributed by atoms with Gasteiger partial charge in [-0.2, -0.15) is 0 Å². The van der Waals surface area contributed by atoms with Crippen molar-refractivity contribution in [2.75, 3.05) is 4.90 Å². The molecule has 4 saturated carbocycles. The molecule has 2 heteroatoms. The molecule has 1 nitrogen and oxygen atoms in total. The van der Waals surface area contributed by atoms with Crippen molar-refractivity contribution in [2.24, 2.45) is 17.8 Å². The summed E-state index contributed by atoms with van der Waals surface area (Å²) < 4.78 is 0. The van der Waals surface area contributed by atoms with Crippen LogP contribution in [0.2, 0.25) is 0 Å². The Morgan fingerprint density at radius 2 is 0.841 bits per heavy atom. The van der Waals surface area contributed by atoms with Gasteiger partial charge in [-0.1, -0.05) is 163 Å². The number of nitrogens with zero attached hydrogens (tertiary/aromatic N) is 1. The third-order valence-electron chi connectivity index (χ3n) is 16.3. The number of hydrogen-bond donors (Lipinski definition) is 0. The maximum atomic E-state index is 2.52. The summed E-state index contributed by atoms with van der Waals surface area (Å²) in [6, 6.07) is 76.2. The van der Waals surface area contributed by atoms with Crippen LogP contribution in [0.25, 0.3) is 11.1 Å². The molecule has 0 radical (unpaired) electrons. The quantitative estimate of drug-likeness (QED) is 0.157. The summed E-state index contributed by atoms with van der Waals surface area (Å²) in [5.74, 6) is 2.75. The Kier molecular flexibility index (Phi) is 8.45. The number of rotatable bonds is 7. The summed E-state index contributed by atoms with van der Waals surface area (Å²) in [5, 5.41) is 0. The molecule has 8 aromatic rings. The Bertz CT molecular complexity index is 2940. The molecule has 14 rings (SSSR count). The molecule has 1 heterocycles. The van der Waals surface area contributed by atoms with E-state index in [4.69, 9.17) is 0 Å². The lowest BCUT2D eigenvalue weighted by atomic mass is 9.48. The molecule has 0 aromatic heterocycles. The van der Waals surface area contributed by atoms with Gasteiger partial charge in [0, 0.05) is 32.3 Å². The van der Waals surface area contributed by atoms with Crippen LogP contribution in [0.15, 0.2) is 210 Å².